The van der Waals surface area contributed by atoms with E-state index in [0.717, 1.165) is 33.0 Å². The highest BCUT2D eigenvalue weighted by Crippen LogP contribution is 2.40. The Morgan fingerprint density at radius 2 is 1.84 bits per heavy atom. The number of anilines is 1. The van der Waals surface area contributed by atoms with Gasteiger partial charge in [0.25, 0.3) is 0 Å². The SMILES string of the molecule is COc1ccc(C)cc1N(CC(=O)N[C@H]1CC(C)(C)Oc2ccc(C)cc21)S(C)(=O)=O. The van der Waals surface area contributed by atoms with Gasteiger partial charge in [-0.05, 0) is 51.5 Å². The summed E-state index contributed by atoms with van der Waals surface area (Å²) in [6.45, 7) is 7.42. The molecule has 2 aromatic rings. The number of benzene rings is 2. The lowest BCUT2D eigenvalue weighted by Crippen LogP contribution is -2.45. The molecule has 168 valence electrons. The Hall–Kier alpha value is -2.74. The van der Waals surface area contributed by atoms with Gasteiger partial charge in [0.1, 0.15) is 23.6 Å². The second-order valence-corrected chi connectivity index (χ2v) is 10.6. The normalized spacial score (nSPS) is 17.3. The monoisotopic (exact) mass is 446 g/mol. The zero-order chi connectivity index (χ0) is 23.0. The molecule has 1 N–H and O–H groups in total. The molecule has 31 heavy (non-hydrogen) atoms. The topological polar surface area (TPSA) is 84.9 Å². The fourth-order valence-corrected chi connectivity index (χ4v) is 4.70. The molecule has 1 heterocycles. The number of fused-ring (bicyclic) bond motifs is 1. The number of nitrogens with zero attached hydrogens (tertiary/aromatic N) is 1. The van der Waals surface area contributed by atoms with Gasteiger partial charge in [0.2, 0.25) is 15.9 Å². The van der Waals surface area contributed by atoms with E-state index in [4.69, 9.17) is 9.47 Å². The number of aryl methyl sites for hydroxylation is 2. The summed E-state index contributed by atoms with van der Waals surface area (Å²) >= 11 is 0. The number of carbonyl (C=O) groups is 1. The Labute approximate surface area is 184 Å². The predicted octanol–water partition coefficient (Wildman–Crippen LogP) is 3.50. The van der Waals surface area contributed by atoms with Gasteiger partial charge in [-0.2, -0.15) is 0 Å². The Morgan fingerprint density at radius 1 is 1.19 bits per heavy atom. The molecule has 0 aromatic heterocycles. The van der Waals surface area contributed by atoms with E-state index in [1.807, 2.05) is 52.0 Å². The van der Waals surface area contributed by atoms with Crippen LogP contribution >= 0.6 is 0 Å². The van der Waals surface area contributed by atoms with Crippen molar-refractivity contribution in [3.8, 4) is 11.5 Å². The minimum atomic E-state index is -3.73. The summed E-state index contributed by atoms with van der Waals surface area (Å²) in [6, 6.07) is 10.8. The summed E-state index contributed by atoms with van der Waals surface area (Å²) in [5.74, 6) is 0.716. The summed E-state index contributed by atoms with van der Waals surface area (Å²) < 4.78 is 37.6. The number of ether oxygens (including phenoxy) is 2. The Morgan fingerprint density at radius 3 is 2.48 bits per heavy atom. The van der Waals surface area contributed by atoms with E-state index in [2.05, 4.69) is 5.32 Å². The maximum atomic E-state index is 13.0. The highest BCUT2D eigenvalue weighted by Gasteiger charge is 2.35. The maximum Gasteiger partial charge on any atom is 0.241 e. The van der Waals surface area contributed by atoms with Crippen LogP contribution in [0.25, 0.3) is 0 Å². The van der Waals surface area contributed by atoms with Crippen LogP contribution in [0.5, 0.6) is 11.5 Å². The molecule has 0 spiro atoms. The van der Waals surface area contributed by atoms with Gasteiger partial charge in [0.05, 0.1) is 25.1 Å². The second kappa shape index (κ2) is 8.42. The van der Waals surface area contributed by atoms with Gasteiger partial charge in [-0.3, -0.25) is 9.10 Å². The minimum absolute atomic E-state index is 0.285. The van der Waals surface area contributed by atoms with Crippen molar-refractivity contribution >= 4 is 21.6 Å². The van der Waals surface area contributed by atoms with Crippen molar-refractivity contribution in [2.45, 2.75) is 45.8 Å². The zero-order valence-corrected chi connectivity index (χ0v) is 19.7. The number of nitrogens with one attached hydrogen (secondary N) is 1. The number of rotatable bonds is 6. The standard InChI is InChI=1S/C23H30N2O5S/c1-15-7-9-20-17(11-15)18(13-23(3,4)30-20)24-22(26)14-25(31(6,27)28)19-12-16(2)8-10-21(19)29-5/h7-12,18H,13-14H2,1-6H3,(H,24,26)/t18-/m0/s1. The molecular formula is C23H30N2O5S. The van der Waals surface area contributed by atoms with Gasteiger partial charge in [-0.25, -0.2) is 8.42 Å². The molecule has 1 aliphatic rings. The maximum absolute atomic E-state index is 13.0. The van der Waals surface area contributed by atoms with Gasteiger partial charge in [-0.15, -0.1) is 0 Å². The highest BCUT2D eigenvalue weighted by molar-refractivity contribution is 7.92. The van der Waals surface area contributed by atoms with E-state index >= 15 is 0 Å². The molecule has 0 unspecified atom stereocenters. The largest absolute Gasteiger partial charge is 0.495 e. The fraction of sp³-hybridized carbons (Fsp3) is 0.435. The average Bonchev–Trinajstić information content (AvgIpc) is 2.65. The van der Waals surface area contributed by atoms with E-state index in [1.165, 1.54) is 7.11 Å². The molecule has 1 atom stereocenters. The van der Waals surface area contributed by atoms with Crippen LogP contribution < -0.4 is 19.1 Å². The number of hydrogen-bond acceptors (Lipinski definition) is 5. The van der Waals surface area contributed by atoms with Gasteiger partial charge in [0, 0.05) is 12.0 Å². The van der Waals surface area contributed by atoms with Gasteiger partial charge >= 0.3 is 0 Å². The van der Waals surface area contributed by atoms with E-state index in [0.29, 0.717) is 17.9 Å². The van der Waals surface area contributed by atoms with Crippen molar-refractivity contribution < 1.29 is 22.7 Å². The first-order chi connectivity index (χ1) is 14.4. The Kier molecular flexibility index (Phi) is 6.23. The molecule has 0 fully saturated rings. The number of carbonyl (C=O) groups excluding carboxylic acids is 1. The smallest absolute Gasteiger partial charge is 0.241 e. The molecule has 2 aromatic carbocycles. The van der Waals surface area contributed by atoms with E-state index in [-0.39, 0.29) is 12.6 Å². The van der Waals surface area contributed by atoms with Crippen LogP contribution in [0.1, 0.15) is 43.0 Å². The zero-order valence-electron chi connectivity index (χ0n) is 18.9. The van der Waals surface area contributed by atoms with E-state index < -0.39 is 21.5 Å². The first-order valence-corrected chi connectivity index (χ1v) is 12.0. The third-order valence-corrected chi connectivity index (χ3v) is 6.37. The molecule has 1 amide bonds. The summed E-state index contributed by atoms with van der Waals surface area (Å²) in [5, 5.41) is 3.02. The molecular weight excluding hydrogens is 416 g/mol. The van der Waals surface area contributed by atoms with Crippen molar-refractivity contribution in [1.82, 2.24) is 5.32 Å². The molecule has 7 nitrogen and oxygen atoms in total. The van der Waals surface area contributed by atoms with E-state index in [1.54, 1.807) is 12.1 Å². The molecule has 0 radical (unpaired) electrons. The van der Waals surface area contributed by atoms with Crippen LogP contribution in [0, 0.1) is 13.8 Å². The third-order valence-electron chi connectivity index (χ3n) is 5.25. The summed E-state index contributed by atoms with van der Waals surface area (Å²) in [4.78, 5) is 13.0. The van der Waals surface area contributed by atoms with Gasteiger partial charge in [-0.1, -0.05) is 23.8 Å². The van der Waals surface area contributed by atoms with E-state index in [9.17, 15) is 13.2 Å². The van der Waals surface area contributed by atoms with Gasteiger partial charge < -0.3 is 14.8 Å². The van der Waals surface area contributed by atoms with Crippen LogP contribution in [0.4, 0.5) is 5.69 Å². The van der Waals surface area contributed by atoms with Crippen molar-refractivity contribution in [3.63, 3.8) is 0 Å². The van der Waals surface area contributed by atoms with Crippen LogP contribution in [-0.4, -0.2) is 39.8 Å². The Bertz CT molecular complexity index is 1100. The lowest BCUT2D eigenvalue weighted by atomic mass is 9.89. The van der Waals surface area contributed by atoms with Crippen LogP contribution in [0.15, 0.2) is 36.4 Å². The van der Waals surface area contributed by atoms with Crippen molar-refractivity contribution in [2.24, 2.45) is 0 Å². The number of sulfonamides is 1. The summed E-state index contributed by atoms with van der Waals surface area (Å²) in [7, 11) is -2.26. The van der Waals surface area contributed by atoms with Crippen LogP contribution in [-0.2, 0) is 14.8 Å². The third kappa shape index (κ3) is 5.31. The summed E-state index contributed by atoms with van der Waals surface area (Å²) in [5.41, 5.74) is 2.69. The fourth-order valence-electron chi connectivity index (χ4n) is 3.85. The van der Waals surface area contributed by atoms with Crippen LogP contribution in [0.2, 0.25) is 0 Å². The Balaban J connectivity index is 1.89. The number of amides is 1. The molecule has 8 heteroatoms. The first kappa shape index (κ1) is 22.9. The first-order valence-electron chi connectivity index (χ1n) is 10.1. The van der Waals surface area contributed by atoms with Gasteiger partial charge in [0.15, 0.2) is 0 Å². The highest BCUT2D eigenvalue weighted by atomic mass is 32.2. The quantitative estimate of drug-likeness (QED) is 0.734. The number of hydrogen-bond donors (Lipinski definition) is 1. The average molecular weight is 447 g/mol. The lowest BCUT2D eigenvalue weighted by molar-refractivity contribution is -0.120. The lowest BCUT2D eigenvalue weighted by Gasteiger charge is -2.38. The van der Waals surface area contributed by atoms with Crippen molar-refractivity contribution in [2.75, 3.05) is 24.2 Å². The molecule has 3 rings (SSSR count). The van der Waals surface area contributed by atoms with Crippen molar-refractivity contribution in [3.05, 3.63) is 53.1 Å². The molecule has 0 saturated heterocycles. The minimum Gasteiger partial charge on any atom is -0.495 e. The second-order valence-electron chi connectivity index (χ2n) is 8.67. The molecule has 0 saturated carbocycles. The summed E-state index contributed by atoms with van der Waals surface area (Å²) in [6.07, 6.45) is 1.65. The van der Waals surface area contributed by atoms with Crippen molar-refractivity contribution in [1.29, 1.82) is 0 Å². The molecule has 0 aliphatic carbocycles. The number of methoxy groups -OCH3 is 1. The van der Waals surface area contributed by atoms with Crippen LogP contribution in [0.3, 0.4) is 0 Å². The molecule has 1 aliphatic heterocycles. The predicted molar refractivity (Wildman–Crippen MR) is 121 cm³/mol. The molecule has 0 bridgehead atoms.